The van der Waals surface area contributed by atoms with Crippen LogP contribution in [0.3, 0.4) is 0 Å². The van der Waals surface area contributed by atoms with Gasteiger partial charge in [-0.3, -0.25) is 4.40 Å². The van der Waals surface area contributed by atoms with Crippen molar-refractivity contribution in [3.63, 3.8) is 0 Å². The number of halogens is 4. The normalized spacial score (nSPS) is 12.4. The molecule has 9 heteroatoms. The highest BCUT2D eigenvalue weighted by molar-refractivity contribution is 9.08. The Hall–Kier alpha value is -1.35. The molecule has 0 aliphatic heterocycles. The summed E-state index contributed by atoms with van der Waals surface area (Å²) in [5.41, 5.74) is -0.169. The van der Waals surface area contributed by atoms with E-state index in [9.17, 15) is 13.2 Å². The minimum absolute atomic E-state index is 0.402. The summed E-state index contributed by atoms with van der Waals surface area (Å²) in [6, 6.07) is 0.936. The van der Waals surface area contributed by atoms with E-state index in [1.54, 1.807) is 0 Å². The van der Waals surface area contributed by atoms with E-state index in [1.165, 1.54) is 17.5 Å². The van der Waals surface area contributed by atoms with E-state index in [0.717, 1.165) is 16.4 Å². The van der Waals surface area contributed by atoms with Gasteiger partial charge in [0.25, 0.3) is 0 Å². The van der Waals surface area contributed by atoms with Gasteiger partial charge in [0.05, 0.1) is 5.69 Å². The summed E-state index contributed by atoms with van der Waals surface area (Å²) >= 11 is 4.73. The number of fused-ring (bicyclic) bond motifs is 1. The first-order valence-electron chi connectivity index (χ1n) is 5.14. The van der Waals surface area contributed by atoms with Crippen molar-refractivity contribution in [1.29, 1.82) is 0 Å². The minimum atomic E-state index is -4.45. The Labute approximate surface area is 117 Å². The molecule has 0 aliphatic carbocycles. The van der Waals surface area contributed by atoms with Gasteiger partial charge in [0.1, 0.15) is 0 Å². The fourth-order valence-corrected chi connectivity index (χ4v) is 2.97. The zero-order valence-electron chi connectivity index (χ0n) is 9.23. The van der Waals surface area contributed by atoms with Crippen molar-refractivity contribution < 1.29 is 13.2 Å². The van der Waals surface area contributed by atoms with E-state index in [0.29, 0.717) is 16.1 Å². The van der Waals surface area contributed by atoms with Crippen molar-refractivity contribution in [2.45, 2.75) is 11.5 Å². The second-order valence-electron chi connectivity index (χ2n) is 3.71. The second kappa shape index (κ2) is 4.34. The lowest BCUT2D eigenvalue weighted by Gasteiger charge is -2.02. The molecule has 0 spiro atoms. The molecule has 0 unspecified atom stereocenters. The van der Waals surface area contributed by atoms with Crippen LogP contribution >= 0.6 is 27.3 Å². The molecule has 0 atom stereocenters. The maximum absolute atomic E-state index is 12.5. The third-order valence-corrected chi connectivity index (χ3v) is 3.85. The Bertz CT molecular complexity index is 727. The summed E-state index contributed by atoms with van der Waals surface area (Å²) in [6.07, 6.45) is -1.36. The molecule has 0 saturated carbocycles. The number of nitrogens with zero attached hydrogens (tertiary/aromatic N) is 4. The van der Waals surface area contributed by atoms with Crippen LogP contribution in [-0.4, -0.2) is 19.2 Å². The number of hydrogen-bond acceptors (Lipinski definition) is 3. The molecular weight excluding hydrogens is 345 g/mol. The highest BCUT2D eigenvalue weighted by Crippen LogP contribution is 2.29. The van der Waals surface area contributed by atoms with Crippen molar-refractivity contribution in [2.75, 3.05) is 0 Å². The van der Waals surface area contributed by atoms with Gasteiger partial charge in [0.15, 0.2) is 16.5 Å². The summed E-state index contributed by atoms with van der Waals surface area (Å²) in [7, 11) is 0. The zero-order chi connectivity index (χ0) is 13.6. The predicted octanol–water partition coefficient (Wildman–Crippen LogP) is 3.50. The van der Waals surface area contributed by atoms with Crippen LogP contribution < -0.4 is 0 Å². The first-order chi connectivity index (χ1) is 9.00. The van der Waals surface area contributed by atoms with Crippen LogP contribution in [0.15, 0.2) is 23.8 Å². The molecule has 0 fully saturated rings. The Kier molecular flexibility index (Phi) is 2.90. The van der Waals surface area contributed by atoms with Crippen LogP contribution in [0.25, 0.3) is 10.8 Å². The van der Waals surface area contributed by atoms with Gasteiger partial charge in [0, 0.05) is 23.1 Å². The van der Waals surface area contributed by atoms with Crippen molar-refractivity contribution in [3.8, 4) is 5.82 Å². The monoisotopic (exact) mass is 350 g/mol. The summed E-state index contributed by atoms with van der Waals surface area (Å²) < 4.78 is 40.6. The summed E-state index contributed by atoms with van der Waals surface area (Å²) in [5, 5.41) is 5.87. The number of thiazole rings is 1. The van der Waals surface area contributed by atoms with Crippen molar-refractivity contribution in [2.24, 2.45) is 0 Å². The van der Waals surface area contributed by atoms with E-state index in [2.05, 4.69) is 26.0 Å². The quantitative estimate of drug-likeness (QED) is 0.663. The van der Waals surface area contributed by atoms with Gasteiger partial charge < -0.3 is 0 Å². The van der Waals surface area contributed by atoms with Crippen LogP contribution in [-0.2, 0) is 11.5 Å². The Morgan fingerprint density at radius 2 is 2.11 bits per heavy atom. The third-order valence-electron chi connectivity index (χ3n) is 2.56. The molecule has 0 N–H and O–H groups in total. The molecule has 0 aliphatic rings. The average molecular weight is 351 g/mol. The highest BCUT2D eigenvalue weighted by Gasteiger charge is 2.34. The smallest absolute Gasteiger partial charge is 0.292 e. The standard InChI is InChI=1S/C10H6BrF3N4S/c11-5-6-8(15-9-17(6)3-4-19-9)18-2-1-7(16-18)10(12,13)14/h1-4H,5H2. The van der Waals surface area contributed by atoms with Crippen molar-refractivity contribution in [3.05, 3.63) is 35.2 Å². The molecule has 100 valence electrons. The molecule has 3 aromatic heterocycles. The number of imidazole rings is 1. The van der Waals surface area contributed by atoms with E-state index in [-0.39, 0.29) is 0 Å². The minimum Gasteiger partial charge on any atom is -0.292 e. The SMILES string of the molecule is FC(F)(F)c1ccn(-c2nc3sccn3c2CBr)n1. The molecule has 3 rings (SSSR count). The Morgan fingerprint density at radius 1 is 1.32 bits per heavy atom. The maximum Gasteiger partial charge on any atom is 0.435 e. The van der Waals surface area contributed by atoms with Gasteiger partial charge in [0.2, 0.25) is 0 Å². The first kappa shape index (κ1) is 12.7. The number of hydrogen-bond donors (Lipinski definition) is 0. The number of aromatic nitrogens is 4. The van der Waals surface area contributed by atoms with Crippen molar-refractivity contribution >= 4 is 32.2 Å². The molecule has 0 saturated heterocycles. The Morgan fingerprint density at radius 3 is 2.74 bits per heavy atom. The van der Waals surface area contributed by atoms with Crippen LogP contribution in [0.4, 0.5) is 13.2 Å². The average Bonchev–Trinajstić information content (AvgIpc) is 3.01. The van der Waals surface area contributed by atoms with E-state index < -0.39 is 11.9 Å². The van der Waals surface area contributed by atoms with Gasteiger partial charge in [-0.05, 0) is 6.07 Å². The van der Waals surface area contributed by atoms with Crippen molar-refractivity contribution in [1.82, 2.24) is 19.2 Å². The molecule has 0 radical (unpaired) electrons. The van der Waals surface area contributed by atoms with Crippen LogP contribution in [0.2, 0.25) is 0 Å². The summed E-state index contributed by atoms with van der Waals surface area (Å²) in [4.78, 5) is 5.01. The molecular formula is C10H6BrF3N4S. The molecule has 0 bridgehead atoms. The topological polar surface area (TPSA) is 35.1 Å². The summed E-state index contributed by atoms with van der Waals surface area (Å²) in [5.74, 6) is 0.402. The second-order valence-corrected chi connectivity index (χ2v) is 5.15. The van der Waals surface area contributed by atoms with Gasteiger partial charge in [-0.15, -0.1) is 11.3 Å². The number of rotatable bonds is 2. The molecule has 0 aromatic carbocycles. The van der Waals surface area contributed by atoms with Gasteiger partial charge >= 0.3 is 6.18 Å². The van der Waals surface area contributed by atoms with Crippen LogP contribution in [0.5, 0.6) is 0 Å². The van der Waals surface area contributed by atoms with Gasteiger partial charge in [-0.1, -0.05) is 15.9 Å². The van der Waals surface area contributed by atoms with Crippen LogP contribution in [0.1, 0.15) is 11.4 Å². The van der Waals surface area contributed by atoms with Crippen LogP contribution in [0, 0.1) is 0 Å². The zero-order valence-corrected chi connectivity index (χ0v) is 11.6. The largest absolute Gasteiger partial charge is 0.435 e. The van der Waals surface area contributed by atoms with Gasteiger partial charge in [-0.2, -0.15) is 23.3 Å². The fourth-order valence-electron chi connectivity index (χ4n) is 1.72. The third kappa shape index (κ3) is 2.06. The van der Waals surface area contributed by atoms with E-state index in [4.69, 9.17) is 0 Å². The lowest BCUT2D eigenvalue weighted by atomic mass is 10.4. The Balaban J connectivity index is 2.13. The fraction of sp³-hybridized carbons (Fsp3) is 0.200. The van der Waals surface area contributed by atoms with E-state index in [1.807, 2.05) is 16.0 Å². The maximum atomic E-state index is 12.5. The lowest BCUT2D eigenvalue weighted by molar-refractivity contribution is -0.141. The molecule has 4 nitrogen and oxygen atoms in total. The molecule has 3 heterocycles. The first-order valence-corrected chi connectivity index (χ1v) is 7.14. The summed E-state index contributed by atoms with van der Waals surface area (Å²) in [6.45, 7) is 0. The molecule has 0 amide bonds. The predicted molar refractivity (Wildman–Crippen MR) is 67.8 cm³/mol. The van der Waals surface area contributed by atoms with E-state index >= 15 is 0 Å². The molecule has 3 aromatic rings. The lowest BCUT2D eigenvalue weighted by Crippen LogP contribution is -2.08. The number of alkyl halides is 4. The molecule has 19 heavy (non-hydrogen) atoms. The highest BCUT2D eigenvalue weighted by atomic mass is 79.9. The van der Waals surface area contributed by atoms with Gasteiger partial charge in [-0.25, -0.2) is 4.68 Å².